The summed E-state index contributed by atoms with van der Waals surface area (Å²) in [6.07, 6.45) is 12.7. The van der Waals surface area contributed by atoms with E-state index in [0.717, 1.165) is 71.3 Å². The number of nitrogens with zero attached hydrogens (tertiary/aromatic N) is 1. The van der Waals surface area contributed by atoms with Gasteiger partial charge in [0.05, 0.1) is 40.1 Å². The van der Waals surface area contributed by atoms with E-state index in [-0.39, 0.29) is 36.6 Å². The number of carbonyl (C=O) groups excluding carboxylic acids is 3. The zero-order valence-electron chi connectivity index (χ0n) is 33.5. The monoisotopic (exact) mass is 793 g/mol. The van der Waals surface area contributed by atoms with E-state index in [0.29, 0.717) is 43.6 Å². The van der Waals surface area contributed by atoms with E-state index in [1.54, 1.807) is 32.3 Å². The molecule has 2 aliphatic rings. The number of nitrogens with one attached hydrogen (secondary N) is 2. The summed E-state index contributed by atoms with van der Waals surface area (Å²) in [6.45, 7) is 11.9. The molecule has 1 amide bonds. The quantitative estimate of drug-likeness (QED) is 0.0553. The van der Waals surface area contributed by atoms with Gasteiger partial charge in [0, 0.05) is 35.3 Å². The van der Waals surface area contributed by atoms with Crippen molar-refractivity contribution in [3.63, 3.8) is 0 Å². The molecule has 0 radical (unpaired) electrons. The Kier molecular flexibility index (Phi) is 14.0. The first kappa shape index (κ1) is 42.5. The summed E-state index contributed by atoms with van der Waals surface area (Å²) >= 11 is 1.65. The number of methoxy groups -OCH3 is 1. The van der Waals surface area contributed by atoms with Crippen LogP contribution < -0.4 is 19.5 Å². The summed E-state index contributed by atoms with van der Waals surface area (Å²) in [7, 11) is -2.12. The number of Topliss-reactive ketones (excluding diaryl/α,β-unsaturated/α-hetero) is 1. The maximum atomic E-state index is 13.5. The molecule has 2 saturated carbocycles. The predicted molar refractivity (Wildman–Crippen MR) is 220 cm³/mol. The molecule has 2 heterocycles. The number of carbonyl (C=O) groups is 3. The third kappa shape index (κ3) is 10.2. The summed E-state index contributed by atoms with van der Waals surface area (Å²) in [6, 6.07) is 6.89. The van der Waals surface area contributed by atoms with Crippen LogP contribution in [-0.2, 0) is 24.4 Å². The molecule has 300 valence electrons. The van der Waals surface area contributed by atoms with E-state index in [1.807, 2.05) is 38.1 Å². The van der Waals surface area contributed by atoms with Crippen molar-refractivity contribution in [2.45, 2.75) is 134 Å². The molecule has 12 heteroatoms. The molecular weight excluding hydrogens is 735 g/mol. The number of unbranched alkanes of at least 4 members (excludes halogenated alkanes) is 4. The second kappa shape index (κ2) is 18.1. The molecule has 10 nitrogen and oxygen atoms in total. The third-order valence-electron chi connectivity index (χ3n) is 11.5. The largest absolute Gasteiger partial charge is 0.496 e. The van der Waals surface area contributed by atoms with E-state index in [1.165, 1.54) is 5.56 Å². The number of hydrogen-bond donors (Lipinski definition) is 2. The summed E-state index contributed by atoms with van der Waals surface area (Å²) < 4.78 is 40.1. The fourth-order valence-electron chi connectivity index (χ4n) is 7.03. The number of allylic oxidation sites excluding steroid dienone is 1. The summed E-state index contributed by atoms with van der Waals surface area (Å²) in [5.74, 6) is 1.71. The van der Waals surface area contributed by atoms with Crippen molar-refractivity contribution in [3.8, 4) is 22.1 Å². The SMILES string of the molecule is COc1ccc2c(OCCCC(=O)N[C@]3(C(C=O)NS(=O)(=O)C4(C)CC4)C[C@H]3/C=C\CCCCCCC(C)C(C)=O)cc(-c3cc(C(C)C)cs3)nc2c1C. The van der Waals surface area contributed by atoms with E-state index in [4.69, 9.17) is 14.5 Å². The van der Waals surface area contributed by atoms with Crippen molar-refractivity contribution < 1.29 is 32.3 Å². The van der Waals surface area contributed by atoms with Gasteiger partial charge in [-0.2, -0.15) is 0 Å². The molecule has 2 aromatic heterocycles. The minimum absolute atomic E-state index is 0.107. The molecule has 0 saturated heterocycles. The zero-order chi connectivity index (χ0) is 40.0. The van der Waals surface area contributed by atoms with E-state index >= 15 is 0 Å². The molecular formula is C43H59N3O7S2. The molecule has 2 unspecified atom stereocenters. The average Bonchev–Trinajstić information content (AvgIpc) is 4.01. The Morgan fingerprint density at radius 1 is 1.07 bits per heavy atom. The lowest BCUT2D eigenvalue weighted by Gasteiger charge is -2.27. The fraction of sp³-hybridized carbons (Fsp3) is 0.581. The van der Waals surface area contributed by atoms with Crippen molar-refractivity contribution in [1.82, 2.24) is 15.0 Å². The number of aromatic nitrogens is 1. The van der Waals surface area contributed by atoms with Gasteiger partial charge in [0.25, 0.3) is 0 Å². The van der Waals surface area contributed by atoms with Gasteiger partial charge < -0.3 is 19.6 Å². The van der Waals surface area contributed by atoms with Gasteiger partial charge in [0.1, 0.15) is 29.6 Å². The number of ether oxygens (including phenoxy) is 2. The molecule has 4 atom stereocenters. The molecule has 0 spiro atoms. The molecule has 2 aliphatic carbocycles. The number of benzene rings is 1. The van der Waals surface area contributed by atoms with Gasteiger partial charge in [-0.15, -0.1) is 11.3 Å². The Balaban J connectivity index is 1.23. The van der Waals surface area contributed by atoms with Crippen molar-refractivity contribution >= 4 is 50.2 Å². The summed E-state index contributed by atoms with van der Waals surface area (Å²) in [4.78, 5) is 43.6. The second-order valence-electron chi connectivity index (χ2n) is 16.2. The summed E-state index contributed by atoms with van der Waals surface area (Å²) in [5.41, 5.74) is 2.74. The topological polar surface area (TPSA) is 141 Å². The molecule has 2 N–H and O–H groups in total. The van der Waals surface area contributed by atoms with Crippen LogP contribution in [0.1, 0.15) is 122 Å². The highest BCUT2D eigenvalue weighted by atomic mass is 32.2. The van der Waals surface area contributed by atoms with Crippen LogP contribution in [0.15, 0.2) is 41.8 Å². The lowest BCUT2D eigenvalue weighted by Crippen LogP contribution is -2.57. The van der Waals surface area contributed by atoms with E-state index in [9.17, 15) is 22.8 Å². The highest BCUT2D eigenvalue weighted by Crippen LogP contribution is 2.49. The predicted octanol–water partition coefficient (Wildman–Crippen LogP) is 8.60. The van der Waals surface area contributed by atoms with Gasteiger partial charge in [0.2, 0.25) is 15.9 Å². The maximum absolute atomic E-state index is 13.5. The molecule has 2 fully saturated rings. The number of hydrogen-bond acceptors (Lipinski definition) is 9. The second-order valence-corrected chi connectivity index (χ2v) is 19.3. The van der Waals surface area contributed by atoms with Crippen LogP contribution in [0, 0.1) is 18.8 Å². The number of fused-ring (bicyclic) bond motifs is 1. The van der Waals surface area contributed by atoms with Gasteiger partial charge in [-0.3, -0.25) is 9.59 Å². The van der Waals surface area contributed by atoms with Crippen LogP contribution in [0.3, 0.4) is 0 Å². The lowest BCUT2D eigenvalue weighted by molar-refractivity contribution is -0.123. The Bertz CT molecular complexity index is 1980. The fourth-order valence-corrected chi connectivity index (χ4v) is 9.59. The normalized spacial score (nSPS) is 20.0. The Morgan fingerprint density at radius 3 is 2.47 bits per heavy atom. The van der Waals surface area contributed by atoms with Crippen molar-refractivity contribution in [3.05, 3.63) is 52.9 Å². The van der Waals surface area contributed by atoms with Crippen LogP contribution in [0.5, 0.6) is 11.5 Å². The van der Waals surface area contributed by atoms with E-state index < -0.39 is 26.4 Å². The van der Waals surface area contributed by atoms with Crippen molar-refractivity contribution in [1.29, 1.82) is 0 Å². The first-order valence-electron chi connectivity index (χ1n) is 19.8. The van der Waals surface area contributed by atoms with Gasteiger partial charge in [-0.05, 0) is 101 Å². The standard InChI is InChI=1S/C43H59N3O7S2/c1-28(2)32-23-38(54-27-32)35-24-37(34-18-19-36(52-7)30(4)41(34)44-35)53-22-14-17-40(49)45-43(39(26-47)46-55(50,51)42(6)20-21-42)25-33(43)16-13-11-9-8-10-12-15-29(3)31(5)48/h13,16,18-19,23-24,26-29,33,39,46H,8-12,14-15,17,20-22,25H2,1-7H3,(H,45,49)/b16-13-/t29?,33-,39?,43-/m1/s1. The number of rotatable bonds is 23. The Morgan fingerprint density at radius 2 is 1.82 bits per heavy atom. The van der Waals surface area contributed by atoms with Crippen LogP contribution in [0.4, 0.5) is 0 Å². The van der Waals surface area contributed by atoms with Crippen LogP contribution in [0.2, 0.25) is 0 Å². The number of aldehydes is 1. The number of pyridine rings is 1. The minimum Gasteiger partial charge on any atom is -0.496 e. The smallest absolute Gasteiger partial charge is 0.220 e. The van der Waals surface area contributed by atoms with Crippen LogP contribution in [0.25, 0.3) is 21.5 Å². The van der Waals surface area contributed by atoms with Crippen LogP contribution in [-0.4, -0.2) is 61.4 Å². The minimum atomic E-state index is -3.76. The third-order valence-corrected chi connectivity index (χ3v) is 14.8. The first-order chi connectivity index (χ1) is 26.1. The Hall–Kier alpha value is -3.61. The molecule has 1 aromatic carbocycles. The van der Waals surface area contributed by atoms with Gasteiger partial charge >= 0.3 is 0 Å². The number of amides is 1. The number of sulfonamides is 1. The van der Waals surface area contributed by atoms with Crippen molar-refractivity contribution in [2.75, 3.05) is 13.7 Å². The number of aryl methyl sites for hydroxylation is 1. The lowest BCUT2D eigenvalue weighted by atomic mass is 9.99. The van der Waals surface area contributed by atoms with E-state index in [2.05, 4.69) is 41.4 Å². The molecule has 55 heavy (non-hydrogen) atoms. The zero-order valence-corrected chi connectivity index (χ0v) is 35.2. The number of ketones is 1. The average molecular weight is 794 g/mol. The highest BCUT2D eigenvalue weighted by Gasteiger charge is 2.61. The first-order valence-corrected chi connectivity index (χ1v) is 22.2. The van der Waals surface area contributed by atoms with Gasteiger partial charge in [-0.25, -0.2) is 18.1 Å². The molecule has 3 aromatic rings. The highest BCUT2D eigenvalue weighted by molar-refractivity contribution is 7.91. The molecule has 0 aliphatic heterocycles. The molecule has 0 bridgehead atoms. The van der Waals surface area contributed by atoms with Gasteiger partial charge in [-0.1, -0.05) is 52.2 Å². The van der Waals surface area contributed by atoms with Gasteiger partial charge in [0.15, 0.2) is 0 Å². The summed E-state index contributed by atoms with van der Waals surface area (Å²) in [5, 5.41) is 6.10. The molecule has 5 rings (SSSR count). The number of thiophene rings is 1. The van der Waals surface area contributed by atoms with Crippen LogP contribution >= 0.6 is 11.3 Å². The maximum Gasteiger partial charge on any atom is 0.220 e. The Labute approximate surface area is 331 Å². The van der Waals surface area contributed by atoms with Crippen molar-refractivity contribution in [2.24, 2.45) is 11.8 Å².